The van der Waals surface area contributed by atoms with Gasteiger partial charge in [-0.25, -0.2) is 9.98 Å². The van der Waals surface area contributed by atoms with Gasteiger partial charge in [-0.1, -0.05) is 18.2 Å². The average Bonchev–Trinajstić information content (AvgIpc) is 3.08. The van der Waals surface area contributed by atoms with E-state index in [0.717, 1.165) is 36.9 Å². The number of anilines is 1. The van der Waals surface area contributed by atoms with Gasteiger partial charge in [0.05, 0.1) is 5.69 Å². The Kier molecular flexibility index (Phi) is 4.13. The molecule has 5 heteroatoms. The fourth-order valence-electron chi connectivity index (χ4n) is 2.70. The Morgan fingerprint density at radius 3 is 2.91 bits per heavy atom. The summed E-state index contributed by atoms with van der Waals surface area (Å²) in [6, 6.07) is 8.49. The van der Waals surface area contributed by atoms with E-state index in [1.54, 1.807) is 0 Å². The topological polar surface area (TPSA) is 53.7 Å². The predicted octanol–water partition coefficient (Wildman–Crippen LogP) is 2.82. The molecular formula is C17H22N4O. The zero-order chi connectivity index (χ0) is 15.5. The summed E-state index contributed by atoms with van der Waals surface area (Å²) in [5, 5.41) is 3.36. The van der Waals surface area contributed by atoms with E-state index >= 15 is 0 Å². The molecule has 0 aliphatic carbocycles. The van der Waals surface area contributed by atoms with Crippen LogP contribution in [-0.2, 0) is 13.0 Å². The second kappa shape index (κ2) is 6.22. The molecule has 1 aliphatic heterocycles. The van der Waals surface area contributed by atoms with E-state index in [9.17, 15) is 0 Å². The monoisotopic (exact) mass is 298 g/mol. The normalized spacial score (nSPS) is 14.3. The fourth-order valence-corrected chi connectivity index (χ4v) is 2.70. The van der Waals surface area contributed by atoms with Gasteiger partial charge in [-0.2, -0.15) is 0 Å². The number of aryl methyl sites for hydroxylation is 2. The number of para-hydroxylation sites is 1. The van der Waals surface area contributed by atoms with Crippen LogP contribution in [0.1, 0.15) is 29.8 Å². The Labute approximate surface area is 131 Å². The molecule has 0 unspecified atom stereocenters. The zero-order valence-electron chi connectivity index (χ0n) is 13.4. The molecule has 1 aromatic heterocycles. The second-order valence-electron chi connectivity index (χ2n) is 5.45. The lowest BCUT2D eigenvalue weighted by molar-refractivity contribution is 0.473. The first kappa shape index (κ1) is 14.6. The molecule has 0 radical (unpaired) electrons. The zero-order valence-corrected chi connectivity index (χ0v) is 13.4. The molecule has 116 valence electrons. The Morgan fingerprint density at radius 1 is 1.36 bits per heavy atom. The van der Waals surface area contributed by atoms with Gasteiger partial charge in [-0.3, -0.25) is 0 Å². The molecular weight excluding hydrogens is 276 g/mol. The Morgan fingerprint density at radius 2 is 2.18 bits per heavy atom. The number of rotatable bonds is 3. The molecule has 0 saturated heterocycles. The maximum absolute atomic E-state index is 5.61. The summed E-state index contributed by atoms with van der Waals surface area (Å²) in [6.07, 6.45) is 1.05. The van der Waals surface area contributed by atoms with Crippen LogP contribution in [0.5, 0.6) is 0 Å². The minimum absolute atomic E-state index is 0.454. The van der Waals surface area contributed by atoms with Crippen molar-refractivity contribution < 1.29 is 4.42 Å². The highest BCUT2D eigenvalue weighted by Crippen LogP contribution is 2.27. The molecule has 0 saturated carbocycles. The van der Waals surface area contributed by atoms with E-state index in [4.69, 9.17) is 9.41 Å². The molecule has 22 heavy (non-hydrogen) atoms. The van der Waals surface area contributed by atoms with Crippen molar-refractivity contribution in [1.82, 2.24) is 10.3 Å². The maximum Gasteiger partial charge on any atom is 0.216 e. The number of guanidine groups is 1. The van der Waals surface area contributed by atoms with E-state index in [0.29, 0.717) is 12.4 Å². The number of aromatic nitrogens is 1. The molecule has 0 atom stereocenters. The lowest BCUT2D eigenvalue weighted by atomic mass is 10.2. The van der Waals surface area contributed by atoms with Gasteiger partial charge in [0.1, 0.15) is 12.3 Å². The van der Waals surface area contributed by atoms with Gasteiger partial charge in [0.25, 0.3) is 0 Å². The number of hydrogen-bond acceptors (Lipinski definition) is 3. The van der Waals surface area contributed by atoms with Crippen LogP contribution in [0.15, 0.2) is 33.7 Å². The lowest BCUT2D eigenvalue weighted by Gasteiger charge is -2.22. The maximum atomic E-state index is 5.61. The third-order valence-corrected chi connectivity index (χ3v) is 3.91. The van der Waals surface area contributed by atoms with Crippen molar-refractivity contribution in [3.63, 3.8) is 0 Å². The predicted molar refractivity (Wildman–Crippen MR) is 88.3 cm³/mol. The molecule has 0 spiro atoms. The van der Waals surface area contributed by atoms with Gasteiger partial charge in [-0.05, 0) is 38.8 Å². The summed E-state index contributed by atoms with van der Waals surface area (Å²) < 4.78 is 5.61. The van der Waals surface area contributed by atoms with E-state index in [2.05, 4.69) is 46.4 Å². The number of fused-ring (bicyclic) bond motifs is 1. The van der Waals surface area contributed by atoms with Crippen LogP contribution in [0.25, 0.3) is 0 Å². The van der Waals surface area contributed by atoms with Gasteiger partial charge in [-0.15, -0.1) is 0 Å². The van der Waals surface area contributed by atoms with Crippen molar-refractivity contribution >= 4 is 11.6 Å². The molecule has 0 fully saturated rings. The summed E-state index contributed by atoms with van der Waals surface area (Å²) >= 11 is 0. The van der Waals surface area contributed by atoms with Crippen LogP contribution in [-0.4, -0.2) is 24.0 Å². The van der Waals surface area contributed by atoms with Gasteiger partial charge in [0.15, 0.2) is 5.96 Å². The molecule has 1 N–H and O–H groups in total. The number of hydrogen-bond donors (Lipinski definition) is 1. The summed E-state index contributed by atoms with van der Waals surface area (Å²) in [5.74, 6) is 2.42. The van der Waals surface area contributed by atoms with E-state index in [-0.39, 0.29) is 0 Å². The lowest BCUT2D eigenvalue weighted by Crippen LogP contribution is -2.40. The number of oxazole rings is 1. The van der Waals surface area contributed by atoms with Crippen molar-refractivity contribution in [3.8, 4) is 0 Å². The number of nitrogens with one attached hydrogen (secondary N) is 1. The van der Waals surface area contributed by atoms with Gasteiger partial charge >= 0.3 is 0 Å². The molecule has 3 rings (SSSR count). The van der Waals surface area contributed by atoms with E-state index < -0.39 is 0 Å². The average molecular weight is 298 g/mol. The molecule has 5 nitrogen and oxygen atoms in total. The van der Waals surface area contributed by atoms with Crippen molar-refractivity contribution in [2.45, 2.75) is 33.7 Å². The quantitative estimate of drug-likeness (QED) is 0.699. The summed E-state index contributed by atoms with van der Waals surface area (Å²) in [7, 11) is 0. The Balaban J connectivity index is 1.82. The van der Waals surface area contributed by atoms with Crippen molar-refractivity contribution in [2.24, 2.45) is 4.99 Å². The minimum Gasteiger partial charge on any atom is -0.444 e. The standard InChI is InChI=1S/C17H22N4O/c1-4-18-17(19-11-16-20-12(2)13(3)22-16)21-10-9-14-7-5-6-8-15(14)21/h5-8H,4,9-11H2,1-3H3,(H,18,19). The van der Waals surface area contributed by atoms with Gasteiger partial charge in [0, 0.05) is 18.8 Å². The van der Waals surface area contributed by atoms with Crippen LogP contribution < -0.4 is 10.2 Å². The van der Waals surface area contributed by atoms with Crippen molar-refractivity contribution in [1.29, 1.82) is 0 Å². The SMILES string of the molecule is CCNC(=NCc1nc(C)c(C)o1)N1CCc2ccccc21. The van der Waals surface area contributed by atoms with Crippen LogP contribution in [0.4, 0.5) is 5.69 Å². The Hall–Kier alpha value is -2.30. The first-order valence-electron chi connectivity index (χ1n) is 7.75. The van der Waals surface area contributed by atoms with E-state index in [1.165, 1.54) is 11.3 Å². The first-order valence-corrected chi connectivity index (χ1v) is 7.75. The van der Waals surface area contributed by atoms with Gasteiger partial charge in [0.2, 0.25) is 5.89 Å². The van der Waals surface area contributed by atoms with Gasteiger partial charge < -0.3 is 14.6 Å². The Bertz CT molecular complexity index is 670. The summed E-state index contributed by atoms with van der Waals surface area (Å²) in [6.45, 7) is 8.20. The summed E-state index contributed by atoms with van der Waals surface area (Å²) in [4.78, 5) is 11.3. The second-order valence-corrected chi connectivity index (χ2v) is 5.45. The largest absolute Gasteiger partial charge is 0.444 e. The highest BCUT2D eigenvalue weighted by molar-refractivity contribution is 5.97. The van der Waals surface area contributed by atoms with Crippen LogP contribution >= 0.6 is 0 Å². The molecule has 2 aromatic rings. The first-order chi connectivity index (χ1) is 10.7. The number of aliphatic imine (C=N–C) groups is 1. The minimum atomic E-state index is 0.454. The highest BCUT2D eigenvalue weighted by Gasteiger charge is 2.22. The number of nitrogens with zero attached hydrogens (tertiary/aromatic N) is 3. The number of benzene rings is 1. The van der Waals surface area contributed by atoms with Crippen molar-refractivity contribution in [3.05, 3.63) is 47.2 Å². The van der Waals surface area contributed by atoms with Crippen LogP contribution in [0.2, 0.25) is 0 Å². The van der Waals surface area contributed by atoms with Crippen LogP contribution in [0.3, 0.4) is 0 Å². The highest BCUT2D eigenvalue weighted by atomic mass is 16.4. The fraction of sp³-hybridized carbons (Fsp3) is 0.412. The van der Waals surface area contributed by atoms with Crippen LogP contribution in [0, 0.1) is 13.8 Å². The van der Waals surface area contributed by atoms with Crippen molar-refractivity contribution in [2.75, 3.05) is 18.0 Å². The van der Waals surface area contributed by atoms with E-state index in [1.807, 2.05) is 13.8 Å². The molecule has 0 bridgehead atoms. The molecule has 0 amide bonds. The molecule has 1 aromatic carbocycles. The third-order valence-electron chi connectivity index (χ3n) is 3.91. The summed E-state index contributed by atoms with van der Waals surface area (Å²) in [5.41, 5.74) is 3.54. The third kappa shape index (κ3) is 2.84. The molecule has 1 aliphatic rings. The smallest absolute Gasteiger partial charge is 0.216 e. The molecule has 2 heterocycles.